The molecule has 0 bridgehead atoms. The molecule has 8 heteroatoms. The molecule has 23 heavy (non-hydrogen) atoms. The third-order valence-electron chi connectivity index (χ3n) is 3.56. The number of methoxy groups -OCH3 is 1. The number of alkyl halides is 3. The van der Waals surface area contributed by atoms with Gasteiger partial charge < -0.3 is 14.8 Å². The highest BCUT2D eigenvalue weighted by Crippen LogP contribution is 2.38. The Morgan fingerprint density at radius 1 is 1.43 bits per heavy atom. The van der Waals surface area contributed by atoms with Crippen LogP contribution in [0.5, 0.6) is 5.75 Å². The minimum Gasteiger partial charge on any atom is -0.496 e. The van der Waals surface area contributed by atoms with E-state index in [1.54, 1.807) is 6.26 Å². The summed E-state index contributed by atoms with van der Waals surface area (Å²) in [7, 11) is 1.25. The molecule has 1 unspecified atom stereocenters. The lowest BCUT2D eigenvalue weighted by Crippen LogP contribution is -2.40. The van der Waals surface area contributed by atoms with Gasteiger partial charge in [0.1, 0.15) is 5.75 Å². The quantitative estimate of drug-likeness (QED) is 0.847. The Labute approximate surface area is 136 Å². The molecule has 128 valence electrons. The average Bonchev–Trinajstić information content (AvgIpc) is 2.53. The van der Waals surface area contributed by atoms with Gasteiger partial charge in [0.15, 0.2) is 0 Å². The number of rotatable bonds is 4. The van der Waals surface area contributed by atoms with Crippen LogP contribution in [-0.2, 0) is 10.9 Å². The van der Waals surface area contributed by atoms with Crippen LogP contribution in [0.2, 0.25) is 0 Å². The van der Waals surface area contributed by atoms with Crippen molar-refractivity contribution < 1.29 is 27.4 Å². The van der Waals surface area contributed by atoms with E-state index in [9.17, 15) is 18.0 Å². The van der Waals surface area contributed by atoms with E-state index in [1.165, 1.54) is 7.11 Å². The van der Waals surface area contributed by atoms with Gasteiger partial charge in [0.05, 0.1) is 30.9 Å². The Balaban J connectivity index is 2.33. The molecule has 1 aliphatic heterocycles. The molecule has 1 atom stereocenters. The number of carbonyl (C=O) groups excluding carboxylic acids is 1. The zero-order valence-corrected chi connectivity index (χ0v) is 13.6. The first kappa shape index (κ1) is 17.9. The van der Waals surface area contributed by atoms with Crippen LogP contribution in [0.1, 0.15) is 28.8 Å². The van der Waals surface area contributed by atoms with E-state index < -0.39 is 17.6 Å². The molecule has 2 rings (SSSR count). The van der Waals surface area contributed by atoms with Gasteiger partial charge in [0.25, 0.3) is 5.91 Å². The monoisotopic (exact) mass is 349 g/mol. The summed E-state index contributed by atoms with van der Waals surface area (Å²) in [6.45, 7) is 1.06. The predicted molar refractivity (Wildman–Crippen MR) is 81.1 cm³/mol. The van der Waals surface area contributed by atoms with Crippen LogP contribution in [0.3, 0.4) is 0 Å². The van der Waals surface area contributed by atoms with E-state index in [0.717, 1.165) is 36.7 Å². The van der Waals surface area contributed by atoms with Crippen molar-refractivity contribution in [3.63, 3.8) is 0 Å². The first-order valence-electron chi connectivity index (χ1n) is 7.08. The van der Waals surface area contributed by atoms with E-state index in [2.05, 4.69) is 5.32 Å². The van der Waals surface area contributed by atoms with E-state index in [4.69, 9.17) is 9.47 Å². The number of amides is 1. The maximum atomic E-state index is 12.9. The van der Waals surface area contributed by atoms with Crippen molar-refractivity contribution in [3.8, 4) is 5.75 Å². The first-order valence-corrected chi connectivity index (χ1v) is 8.31. The maximum absolute atomic E-state index is 12.9. The Morgan fingerprint density at radius 2 is 2.17 bits per heavy atom. The van der Waals surface area contributed by atoms with Crippen molar-refractivity contribution in [2.75, 3.05) is 26.6 Å². The number of halogens is 3. The zero-order valence-electron chi connectivity index (χ0n) is 12.8. The molecular weight excluding hydrogens is 331 g/mol. The smallest absolute Gasteiger partial charge is 0.416 e. The fourth-order valence-corrected chi connectivity index (χ4v) is 3.05. The van der Waals surface area contributed by atoms with Gasteiger partial charge in [-0.25, -0.2) is 0 Å². The van der Waals surface area contributed by atoms with Gasteiger partial charge in [-0.1, -0.05) is 0 Å². The van der Waals surface area contributed by atoms with Crippen LogP contribution >= 0.6 is 11.8 Å². The molecule has 1 N–H and O–H groups in total. The minimum absolute atomic E-state index is 0.0848. The van der Waals surface area contributed by atoms with E-state index in [1.807, 2.05) is 0 Å². The number of carbonyl (C=O) groups is 1. The average molecular weight is 349 g/mol. The van der Waals surface area contributed by atoms with Crippen molar-refractivity contribution in [1.29, 1.82) is 0 Å². The predicted octanol–water partition coefficient (Wildman–Crippen LogP) is 3.34. The Hall–Kier alpha value is -1.41. The van der Waals surface area contributed by atoms with Crippen LogP contribution in [0.25, 0.3) is 0 Å². The standard InChI is InChI=1S/C15H18F3NO3S/c1-21-11-6-9(15(16,17)18)7-12(23-2)13(11)14(20)19-10-4-3-5-22-8-10/h6-7,10H,3-5,8H2,1-2H3,(H,19,20). The summed E-state index contributed by atoms with van der Waals surface area (Å²) in [6.07, 6.45) is -1.26. The second-order valence-electron chi connectivity index (χ2n) is 5.14. The molecule has 1 aromatic carbocycles. The van der Waals surface area contributed by atoms with Gasteiger partial charge in [0.2, 0.25) is 0 Å². The van der Waals surface area contributed by atoms with E-state index >= 15 is 0 Å². The molecule has 1 amide bonds. The van der Waals surface area contributed by atoms with Gasteiger partial charge in [-0.05, 0) is 31.2 Å². The summed E-state index contributed by atoms with van der Waals surface area (Å²) in [5, 5.41) is 2.80. The fraction of sp³-hybridized carbons (Fsp3) is 0.533. The molecule has 0 radical (unpaired) electrons. The molecule has 1 heterocycles. The van der Waals surface area contributed by atoms with Crippen molar-refractivity contribution in [1.82, 2.24) is 5.32 Å². The third-order valence-corrected chi connectivity index (χ3v) is 4.32. The van der Waals surface area contributed by atoms with Crippen molar-refractivity contribution in [2.45, 2.75) is 30.0 Å². The highest BCUT2D eigenvalue weighted by Gasteiger charge is 2.33. The lowest BCUT2D eigenvalue weighted by Gasteiger charge is -2.24. The molecule has 4 nitrogen and oxygen atoms in total. The molecular formula is C15H18F3NO3S. The molecule has 0 aliphatic carbocycles. The van der Waals surface area contributed by atoms with Gasteiger partial charge in [-0.3, -0.25) is 4.79 Å². The second kappa shape index (κ2) is 7.44. The summed E-state index contributed by atoms with van der Waals surface area (Å²) < 4.78 is 49.2. The lowest BCUT2D eigenvalue weighted by atomic mass is 10.1. The van der Waals surface area contributed by atoms with Crippen LogP contribution in [-0.4, -0.2) is 38.5 Å². The number of nitrogens with one attached hydrogen (secondary N) is 1. The molecule has 0 spiro atoms. The molecule has 1 aliphatic rings. The van der Waals surface area contributed by atoms with Gasteiger partial charge >= 0.3 is 6.18 Å². The van der Waals surface area contributed by atoms with Gasteiger partial charge in [-0.15, -0.1) is 11.8 Å². The fourth-order valence-electron chi connectivity index (χ4n) is 2.41. The number of hydrogen-bond acceptors (Lipinski definition) is 4. The van der Waals surface area contributed by atoms with Crippen LogP contribution < -0.4 is 10.1 Å². The number of thioether (sulfide) groups is 1. The highest BCUT2D eigenvalue weighted by atomic mass is 32.2. The third kappa shape index (κ3) is 4.32. The summed E-state index contributed by atoms with van der Waals surface area (Å²) in [5.74, 6) is -0.533. The number of hydrogen-bond donors (Lipinski definition) is 1. The maximum Gasteiger partial charge on any atom is 0.416 e. The van der Waals surface area contributed by atoms with Gasteiger partial charge in [0, 0.05) is 11.5 Å². The normalized spacial score (nSPS) is 18.6. The Morgan fingerprint density at radius 3 is 2.70 bits per heavy atom. The van der Waals surface area contributed by atoms with Crippen molar-refractivity contribution in [2.24, 2.45) is 0 Å². The number of ether oxygens (including phenoxy) is 2. The summed E-state index contributed by atoms with van der Waals surface area (Å²) >= 11 is 1.07. The van der Waals surface area contributed by atoms with Crippen LogP contribution in [0, 0.1) is 0 Å². The van der Waals surface area contributed by atoms with Crippen LogP contribution in [0.15, 0.2) is 17.0 Å². The highest BCUT2D eigenvalue weighted by molar-refractivity contribution is 7.98. The van der Waals surface area contributed by atoms with Crippen LogP contribution in [0.4, 0.5) is 13.2 Å². The molecule has 1 aromatic rings. The van der Waals surface area contributed by atoms with Crippen molar-refractivity contribution in [3.05, 3.63) is 23.3 Å². The van der Waals surface area contributed by atoms with Gasteiger partial charge in [-0.2, -0.15) is 13.2 Å². The Bertz CT molecular complexity index is 547. The molecule has 0 aromatic heterocycles. The lowest BCUT2D eigenvalue weighted by molar-refractivity contribution is -0.137. The van der Waals surface area contributed by atoms with E-state index in [0.29, 0.717) is 13.2 Å². The van der Waals surface area contributed by atoms with Crippen molar-refractivity contribution >= 4 is 17.7 Å². The molecule has 1 fully saturated rings. The molecule has 0 saturated carbocycles. The van der Waals surface area contributed by atoms with E-state index in [-0.39, 0.29) is 22.3 Å². The second-order valence-corrected chi connectivity index (χ2v) is 5.99. The number of benzene rings is 1. The topological polar surface area (TPSA) is 47.6 Å². The minimum atomic E-state index is -4.50. The summed E-state index contributed by atoms with van der Waals surface area (Å²) in [5.41, 5.74) is -0.713. The SMILES string of the molecule is COc1cc(C(F)(F)F)cc(SC)c1C(=O)NC1CCCOC1. The zero-order chi connectivity index (χ0) is 17.0. The summed E-state index contributed by atoms with van der Waals surface area (Å²) in [4.78, 5) is 12.7. The Kier molecular flexibility index (Phi) is 5.80. The first-order chi connectivity index (χ1) is 10.9. The largest absolute Gasteiger partial charge is 0.496 e. The molecule has 1 saturated heterocycles. The summed E-state index contributed by atoms with van der Waals surface area (Å²) in [6, 6.07) is 1.68.